The zero-order valence-electron chi connectivity index (χ0n) is 15.3. The van der Waals surface area contributed by atoms with Crippen molar-refractivity contribution in [2.45, 2.75) is 65.3 Å². The van der Waals surface area contributed by atoms with E-state index >= 15 is 0 Å². The SMILES string of the molecule is C[C@@H]1[C@@H]2[C@H](O)[C@@H](O)C3=C(C(=O)[C@@H](O)[C@@]4(C[C@@H]4C)C3=O)[C@@]2(C)CC[C@H]1C. The fraction of sp³-hybridized carbons (Fsp3) is 0.800. The number of aliphatic hydroxyl groups is 3. The van der Waals surface area contributed by atoms with Crippen LogP contribution in [-0.4, -0.2) is 45.2 Å². The van der Waals surface area contributed by atoms with Crippen LogP contribution in [0.3, 0.4) is 0 Å². The second kappa shape index (κ2) is 5.02. The zero-order chi connectivity index (χ0) is 18.5. The standard InChI is InChI=1S/C20H28O5/c1-8-5-6-19(4)12(10(8)3)15(22)14(21)11-13(19)16(23)18(25)20(17(11)24)7-9(20)2/h8-10,12,14-15,18,21-22,25H,5-7H2,1-4H3/t8-,9+,10+,12-,14+,15+,18-,19+,20-/m1/s1. The average Bonchev–Trinajstić information content (AvgIpc) is 3.23. The van der Waals surface area contributed by atoms with Crippen molar-refractivity contribution >= 4 is 11.6 Å². The highest BCUT2D eigenvalue weighted by Crippen LogP contribution is 2.65. The molecule has 138 valence electrons. The fourth-order valence-corrected chi connectivity index (χ4v) is 6.25. The van der Waals surface area contributed by atoms with Crippen molar-refractivity contribution in [2.24, 2.45) is 34.5 Å². The first-order valence-corrected chi connectivity index (χ1v) is 9.47. The summed E-state index contributed by atoms with van der Waals surface area (Å²) in [4.78, 5) is 26.3. The second-order valence-electron chi connectivity index (χ2n) is 9.28. The first kappa shape index (κ1) is 17.4. The molecule has 0 radical (unpaired) electrons. The molecule has 2 fully saturated rings. The van der Waals surface area contributed by atoms with Crippen LogP contribution in [0.15, 0.2) is 11.1 Å². The molecule has 5 nitrogen and oxygen atoms in total. The first-order valence-electron chi connectivity index (χ1n) is 9.47. The first-order chi connectivity index (χ1) is 11.6. The Morgan fingerprint density at radius 2 is 1.68 bits per heavy atom. The number of carbonyl (C=O) groups excluding carboxylic acids is 2. The number of fused-ring (bicyclic) bond motifs is 2. The molecule has 4 aliphatic rings. The molecule has 2 saturated carbocycles. The van der Waals surface area contributed by atoms with Crippen LogP contribution in [0.1, 0.15) is 47.0 Å². The van der Waals surface area contributed by atoms with E-state index in [0.29, 0.717) is 24.3 Å². The van der Waals surface area contributed by atoms with Crippen molar-refractivity contribution in [3.8, 4) is 0 Å². The molecular formula is C20H28O5. The van der Waals surface area contributed by atoms with Crippen molar-refractivity contribution < 1.29 is 24.9 Å². The van der Waals surface area contributed by atoms with Gasteiger partial charge in [0.05, 0.1) is 11.5 Å². The molecule has 0 aromatic heterocycles. The molecule has 9 atom stereocenters. The summed E-state index contributed by atoms with van der Waals surface area (Å²) < 4.78 is 0. The van der Waals surface area contributed by atoms with Crippen LogP contribution < -0.4 is 0 Å². The summed E-state index contributed by atoms with van der Waals surface area (Å²) in [6.45, 7) is 7.94. The van der Waals surface area contributed by atoms with Gasteiger partial charge in [0.1, 0.15) is 12.2 Å². The minimum absolute atomic E-state index is 0.0758. The Bertz CT molecular complexity index is 696. The molecule has 0 aliphatic heterocycles. The van der Waals surface area contributed by atoms with Crippen LogP contribution in [0.4, 0.5) is 0 Å². The quantitative estimate of drug-likeness (QED) is 0.612. The molecular weight excluding hydrogens is 320 g/mol. The molecule has 0 bridgehead atoms. The highest BCUT2D eigenvalue weighted by molar-refractivity contribution is 6.19. The molecule has 5 heteroatoms. The van der Waals surface area contributed by atoms with Gasteiger partial charge in [0, 0.05) is 22.5 Å². The van der Waals surface area contributed by atoms with Gasteiger partial charge in [-0.15, -0.1) is 0 Å². The largest absolute Gasteiger partial charge is 0.390 e. The van der Waals surface area contributed by atoms with E-state index in [1.807, 2.05) is 20.8 Å². The number of Topliss-reactive ketones (excluding diaryl/α,β-unsaturated/α-hetero) is 2. The number of carbonyl (C=O) groups is 2. The fourth-order valence-electron chi connectivity index (χ4n) is 6.25. The molecule has 0 amide bonds. The third kappa shape index (κ3) is 1.84. The van der Waals surface area contributed by atoms with Gasteiger partial charge in [-0.2, -0.15) is 0 Å². The van der Waals surface area contributed by atoms with E-state index in [4.69, 9.17) is 0 Å². The third-order valence-corrected chi connectivity index (χ3v) is 8.16. The molecule has 4 aliphatic carbocycles. The molecule has 0 heterocycles. The summed E-state index contributed by atoms with van der Waals surface area (Å²) >= 11 is 0. The Kier molecular flexibility index (Phi) is 3.49. The summed E-state index contributed by atoms with van der Waals surface area (Å²) in [5.74, 6) is -0.601. The van der Waals surface area contributed by atoms with Crippen molar-refractivity contribution in [3.05, 3.63) is 11.1 Å². The maximum Gasteiger partial charge on any atom is 0.189 e. The molecule has 3 N–H and O–H groups in total. The summed E-state index contributed by atoms with van der Waals surface area (Å²) in [6.07, 6.45) is -1.67. The van der Waals surface area contributed by atoms with E-state index in [-0.39, 0.29) is 29.1 Å². The van der Waals surface area contributed by atoms with Crippen LogP contribution in [0, 0.1) is 34.5 Å². The Hall–Kier alpha value is -1.04. The minimum Gasteiger partial charge on any atom is -0.390 e. The lowest BCUT2D eigenvalue weighted by molar-refractivity contribution is -0.150. The van der Waals surface area contributed by atoms with E-state index in [2.05, 4.69) is 6.92 Å². The monoisotopic (exact) mass is 348 g/mol. The lowest BCUT2D eigenvalue weighted by Gasteiger charge is -2.56. The Balaban J connectivity index is 1.93. The van der Waals surface area contributed by atoms with Crippen LogP contribution >= 0.6 is 0 Å². The van der Waals surface area contributed by atoms with Crippen molar-refractivity contribution in [1.82, 2.24) is 0 Å². The number of hydrogen-bond donors (Lipinski definition) is 3. The summed E-state index contributed by atoms with van der Waals surface area (Å²) in [6, 6.07) is 0. The zero-order valence-corrected chi connectivity index (χ0v) is 15.3. The van der Waals surface area contributed by atoms with Gasteiger partial charge in [-0.05, 0) is 37.0 Å². The molecule has 0 unspecified atom stereocenters. The van der Waals surface area contributed by atoms with Crippen LogP contribution in [0.2, 0.25) is 0 Å². The number of hydrogen-bond acceptors (Lipinski definition) is 5. The lowest BCUT2D eigenvalue weighted by Crippen LogP contribution is -2.61. The lowest BCUT2D eigenvalue weighted by atomic mass is 9.48. The van der Waals surface area contributed by atoms with Crippen LogP contribution in [-0.2, 0) is 9.59 Å². The number of aliphatic hydroxyl groups excluding tert-OH is 3. The molecule has 0 aromatic carbocycles. The predicted octanol–water partition coefficient (Wildman–Crippen LogP) is 1.25. The summed E-state index contributed by atoms with van der Waals surface area (Å²) in [7, 11) is 0. The van der Waals surface area contributed by atoms with E-state index in [0.717, 1.165) is 6.42 Å². The number of rotatable bonds is 0. The smallest absolute Gasteiger partial charge is 0.189 e. The van der Waals surface area contributed by atoms with E-state index < -0.39 is 34.9 Å². The maximum atomic E-state index is 13.2. The summed E-state index contributed by atoms with van der Waals surface area (Å²) in [5, 5.41) is 32.3. The molecule has 4 rings (SSSR count). The minimum atomic E-state index is -1.34. The summed E-state index contributed by atoms with van der Waals surface area (Å²) in [5.41, 5.74) is -1.36. The Morgan fingerprint density at radius 3 is 2.24 bits per heavy atom. The van der Waals surface area contributed by atoms with Gasteiger partial charge in [-0.3, -0.25) is 9.59 Å². The number of ketones is 2. The molecule has 1 spiro atoms. The van der Waals surface area contributed by atoms with Crippen LogP contribution in [0.5, 0.6) is 0 Å². The van der Waals surface area contributed by atoms with Gasteiger partial charge in [0.2, 0.25) is 0 Å². The van der Waals surface area contributed by atoms with Gasteiger partial charge >= 0.3 is 0 Å². The van der Waals surface area contributed by atoms with Gasteiger partial charge in [-0.1, -0.05) is 27.7 Å². The van der Waals surface area contributed by atoms with Gasteiger partial charge in [-0.25, -0.2) is 0 Å². The van der Waals surface area contributed by atoms with Crippen LogP contribution in [0.25, 0.3) is 0 Å². The normalized spacial score (nSPS) is 55.2. The van der Waals surface area contributed by atoms with E-state index in [1.165, 1.54) is 0 Å². The van der Waals surface area contributed by atoms with Gasteiger partial charge < -0.3 is 15.3 Å². The van der Waals surface area contributed by atoms with Gasteiger partial charge in [0.25, 0.3) is 0 Å². The van der Waals surface area contributed by atoms with E-state index in [1.54, 1.807) is 0 Å². The van der Waals surface area contributed by atoms with Crippen molar-refractivity contribution in [1.29, 1.82) is 0 Å². The average molecular weight is 348 g/mol. The van der Waals surface area contributed by atoms with Gasteiger partial charge in [0.15, 0.2) is 11.6 Å². The topological polar surface area (TPSA) is 94.8 Å². The second-order valence-corrected chi connectivity index (χ2v) is 9.28. The third-order valence-electron chi connectivity index (χ3n) is 8.16. The van der Waals surface area contributed by atoms with Crippen molar-refractivity contribution in [2.75, 3.05) is 0 Å². The molecule has 0 aromatic rings. The highest BCUT2D eigenvalue weighted by Gasteiger charge is 2.71. The molecule has 0 saturated heterocycles. The van der Waals surface area contributed by atoms with E-state index in [9.17, 15) is 24.9 Å². The van der Waals surface area contributed by atoms with Crippen molar-refractivity contribution in [3.63, 3.8) is 0 Å². The maximum absolute atomic E-state index is 13.2. The Morgan fingerprint density at radius 1 is 1.08 bits per heavy atom. The Labute approximate surface area is 148 Å². The molecule has 25 heavy (non-hydrogen) atoms. The highest BCUT2D eigenvalue weighted by atomic mass is 16.3. The predicted molar refractivity (Wildman–Crippen MR) is 90.4 cm³/mol.